The average Bonchev–Trinajstić information content (AvgIpc) is 3.24. The van der Waals surface area contributed by atoms with E-state index >= 15 is 0 Å². The Morgan fingerprint density at radius 2 is 2.18 bits per heavy atom. The maximum absolute atomic E-state index is 13.0. The van der Waals surface area contributed by atoms with Gasteiger partial charge in [-0.05, 0) is 25.8 Å². The van der Waals surface area contributed by atoms with Gasteiger partial charge in [0.05, 0.1) is 25.4 Å². The number of para-hydroxylation sites is 1. The summed E-state index contributed by atoms with van der Waals surface area (Å²) in [5.41, 5.74) is 0.887. The van der Waals surface area contributed by atoms with Crippen molar-refractivity contribution >= 4 is 11.8 Å². The minimum atomic E-state index is -0.309. The van der Waals surface area contributed by atoms with Crippen molar-refractivity contribution in [1.29, 1.82) is 0 Å². The Bertz CT molecular complexity index is 791. The summed E-state index contributed by atoms with van der Waals surface area (Å²) in [6.45, 7) is 3.91. The van der Waals surface area contributed by atoms with E-state index in [9.17, 15) is 9.59 Å². The number of imidazole rings is 1. The standard InChI is InChI=1S/C21H28N4O3/c1-3-25-19(26)10-9-17(20(25)16-7-4-5-8-18(16)28-2)21(27)23-11-6-13-24-14-12-22-15-24/h4-5,7-8,12,14-15,17,20H,3,6,9-11,13H2,1-2H3,(H,23,27)/t17-,20+/m1/s1. The van der Waals surface area contributed by atoms with Crippen LogP contribution in [0, 0.1) is 5.92 Å². The second-order valence-corrected chi connectivity index (χ2v) is 6.96. The van der Waals surface area contributed by atoms with Crippen molar-refractivity contribution in [3.8, 4) is 5.75 Å². The fourth-order valence-electron chi connectivity index (χ4n) is 3.92. The van der Waals surface area contributed by atoms with E-state index < -0.39 is 0 Å². The number of nitrogens with one attached hydrogen (secondary N) is 1. The first-order valence-electron chi connectivity index (χ1n) is 9.81. The van der Waals surface area contributed by atoms with Gasteiger partial charge in [-0.2, -0.15) is 0 Å². The van der Waals surface area contributed by atoms with E-state index in [2.05, 4.69) is 10.3 Å². The molecule has 0 saturated carbocycles. The second-order valence-electron chi connectivity index (χ2n) is 6.96. The number of rotatable bonds is 8. The highest BCUT2D eigenvalue weighted by atomic mass is 16.5. The van der Waals surface area contributed by atoms with Crippen molar-refractivity contribution in [3.63, 3.8) is 0 Å². The van der Waals surface area contributed by atoms with Gasteiger partial charge < -0.3 is 19.5 Å². The zero-order valence-corrected chi connectivity index (χ0v) is 16.5. The fourth-order valence-corrected chi connectivity index (χ4v) is 3.92. The Labute approximate surface area is 165 Å². The molecule has 1 fully saturated rings. The largest absolute Gasteiger partial charge is 0.496 e. The Hall–Kier alpha value is -2.83. The molecule has 2 amide bonds. The number of piperidine rings is 1. The van der Waals surface area contributed by atoms with E-state index in [4.69, 9.17) is 4.74 Å². The molecule has 0 spiro atoms. The summed E-state index contributed by atoms with van der Waals surface area (Å²) in [6, 6.07) is 7.34. The summed E-state index contributed by atoms with van der Waals surface area (Å²) in [4.78, 5) is 31.3. The highest BCUT2D eigenvalue weighted by Gasteiger charge is 2.40. The third kappa shape index (κ3) is 4.35. The van der Waals surface area contributed by atoms with Crippen LogP contribution in [-0.2, 0) is 16.1 Å². The van der Waals surface area contributed by atoms with E-state index in [1.54, 1.807) is 24.5 Å². The van der Waals surface area contributed by atoms with Crippen LogP contribution in [0.25, 0.3) is 0 Å². The third-order valence-corrected chi connectivity index (χ3v) is 5.29. The average molecular weight is 384 g/mol. The normalized spacial score (nSPS) is 19.5. The molecule has 2 atom stereocenters. The zero-order valence-electron chi connectivity index (χ0n) is 16.5. The molecule has 2 aromatic rings. The first kappa shape index (κ1) is 19.9. The smallest absolute Gasteiger partial charge is 0.225 e. The van der Waals surface area contributed by atoms with Gasteiger partial charge in [-0.3, -0.25) is 9.59 Å². The van der Waals surface area contributed by atoms with Crippen LogP contribution in [0.3, 0.4) is 0 Å². The molecule has 0 bridgehead atoms. The molecule has 1 aromatic heterocycles. The molecule has 1 aliphatic heterocycles. The topological polar surface area (TPSA) is 76.5 Å². The van der Waals surface area contributed by atoms with Crippen LogP contribution < -0.4 is 10.1 Å². The van der Waals surface area contributed by atoms with Crippen LogP contribution >= 0.6 is 0 Å². The molecule has 3 rings (SSSR count). The van der Waals surface area contributed by atoms with Gasteiger partial charge in [-0.1, -0.05) is 18.2 Å². The molecular weight excluding hydrogens is 356 g/mol. The van der Waals surface area contributed by atoms with Gasteiger partial charge in [0.25, 0.3) is 0 Å². The SMILES string of the molecule is CCN1C(=O)CC[C@@H](C(=O)NCCCn2ccnc2)[C@@H]1c1ccccc1OC. The Morgan fingerprint density at radius 1 is 1.36 bits per heavy atom. The molecule has 28 heavy (non-hydrogen) atoms. The number of hydrogen-bond donors (Lipinski definition) is 1. The molecule has 0 aliphatic carbocycles. The lowest BCUT2D eigenvalue weighted by Gasteiger charge is -2.40. The molecule has 1 aromatic carbocycles. The van der Waals surface area contributed by atoms with E-state index in [0.717, 1.165) is 18.5 Å². The molecular formula is C21H28N4O3. The number of carbonyl (C=O) groups excluding carboxylic acids is 2. The Kier molecular flexibility index (Phi) is 6.68. The van der Waals surface area contributed by atoms with Gasteiger partial charge in [0, 0.05) is 44.0 Å². The van der Waals surface area contributed by atoms with E-state index in [1.807, 2.05) is 42.0 Å². The van der Waals surface area contributed by atoms with Crippen molar-refractivity contribution in [3.05, 3.63) is 48.5 Å². The predicted octanol–water partition coefficient (Wildman–Crippen LogP) is 2.40. The summed E-state index contributed by atoms with van der Waals surface area (Å²) in [6.07, 6.45) is 7.19. The highest BCUT2D eigenvalue weighted by Crippen LogP contribution is 2.40. The Balaban J connectivity index is 1.72. The van der Waals surface area contributed by atoms with Gasteiger partial charge in [0.15, 0.2) is 0 Å². The first-order chi connectivity index (χ1) is 13.7. The number of amides is 2. The third-order valence-electron chi connectivity index (χ3n) is 5.29. The van der Waals surface area contributed by atoms with Crippen molar-refractivity contribution in [1.82, 2.24) is 19.8 Å². The quantitative estimate of drug-likeness (QED) is 0.709. The van der Waals surface area contributed by atoms with Crippen LogP contribution in [0.2, 0.25) is 0 Å². The highest BCUT2D eigenvalue weighted by molar-refractivity contribution is 5.85. The number of likely N-dealkylation sites (tertiary alicyclic amines) is 1. The summed E-state index contributed by atoms with van der Waals surface area (Å²) in [5.74, 6) is 0.496. The van der Waals surface area contributed by atoms with Crippen LogP contribution in [0.15, 0.2) is 43.0 Å². The van der Waals surface area contributed by atoms with Crippen LogP contribution in [0.4, 0.5) is 0 Å². The molecule has 2 heterocycles. The summed E-state index contributed by atoms with van der Waals surface area (Å²) < 4.78 is 7.50. The number of aromatic nitrogens is 2. The maximum atomic E-state index is 13.0. The van der Waals surface area contributed by atoms with Crippen LogP contribution in [0.5, 0.6) is 5.75 Å². The van der Waals surface area contributed by atoms with Gasteiger partial charge in [0.2, 0.25) is 11.8 Å². The van der Waals surface area contributed by atoms with E-state index in [-0.39, 0.29) is 23.8 Å². The van der Waals surface area contributed by atoms with Gasteiger partial charge >= 0.3 is 0 Å². The lowest BCUT2D eigenvalue weighted by Crippen LogP contribution is -2.48. The van der Waals surface area contributed by atoms with Gasteiger partial charge in [-0.15, -0.1) is 0 Å². The number of nitrogens with zero attached hydrogens (tertiary/aromatic N) is 3. The van der Waals surface area contributed by atoms with Crippen LogP contribution in [0.1, 0.15) is 37.8 Å². The minimum absolute atomic E-state index is 0.00696. The number of hydrogen-bond acceptors (Lipinski definition) is 4. The van der Waals surface area contributed by atoms with Crippen molar-refractivity contribution in [2.24, 2.45) is 5.92 Å². The number of methoxy groups -OCH3 is 1. The summed E-state index contributed by atoms with van der Waals surface area (Å²) in [5, 5.41) is 3.06. The summed E-state index contributed by atoms with van der Waals surface area (Å²) >= 11 is 0. The van der Waals surface area contributed by atoms with Crippen LogP contribution in [-0.4, -0.2) is 46.5 Å². The number of aryl methyl sites for hydroxylation is 1. The van der Waals surface area contributed by atoms with E-state index in [0.29, 0.717) is 31.7 Å². The number of benzene rings is 1. The first-order valence-corrected chi connectivity index (χ1v) is 9.81. The van der Waals surface area contributed by atoms with Gasteiger partial charge in [-0.25, -0.2) is 4.98 Å². The predicted molar refractivity (Wildman–Crippen MR) is 106 cm³/mol. The van der Waals surface area contributed by atoms with Crippen molar-refractivity contribution < 1.29 is 14.3 Å². The molecule has 1 N–H and O–H groups in total. The summed E-state index contributed by atoms with van der Waals surface area (Å²) in [7, 11) is 1.62. The molecule has 0 radical (unpaired) electrons. The second kappa shape index (κ2) is 9.39. The van der Waals surface area contributed by atoms with Crippen molar-refractivity contribution in [2.75, 3.05) is 20.2 Å². The lowest BCUT2D eigenvalue weighted by molar-refractivity contribution is -0.143. The molecule has 7 nitrogen and oxygen atoms in total. The van der Waals surface area contributed by atoms with E-state index in [1.165, 1.54) is 0 Å². The Morgan fingerprint density at radius 3 is 2.89 bits per heavy atom. The molecule has 0 unspecified atom stereocenters. The molecule has 1 saturated heterocycles. The maximum Gasteiger partial charge on any atom is 0.225 e. The van der Waals surface area contributed by atoms with Gasteiger partial charge in [0.1, 0.15) is 5.75 Å². The molecule has 1 aliphatic rings. The van der Waals surface area contributed by atoms with Crippen molar-refractivity contribution in [2.45, 2.75) is 38.8 Å². The minimum Gasteiger partial charge on any atom is -0.496 e. The fraction of sp³-hybridized carbons (Fsp3) is 0.476. The molecule has 150 valence electrons. The lowest BCUT2D eigenvalue weighted by atomic mass is 9.83. The number of carbonyl (C=O) groups is 2. The monoisotopic (exact) mass is 384 g/mol. The molecule has 7 heteroatoms. The zero-order chi connectivity index (χ0) is 19.9. The number of ether oxygens (including phenoxy) is 1.